The van der Waals surface area contributed by atoms with Crippen LogP contribution in [-0.2, 0) is 17.5 Å². The maximum absolute atomic E-state index is 13.8. The lowest BCUT2D eigenvalue weighted by Gasteiger charge is -2.16. The number of ether oxygens (including phenoxy) is 2. The van der Waals surface area contributed by atoms with Crippen molar-refractivity contribution in [1.82, 2.24) is 9.97 Å². The maximum Gasteiger partial charge on any atom is 0.416 e. The van der Waals surface area contributed by atoms with E-state index >= 15 is 0 Å². The summed E-state index contributed by atoms with van der Waals surface area (Å²) in [5.41, 5.74) is 0.640. The molecule has 1 aromatic heterocycles. The number of hydrogen-bond donors (Lipinski definition) is 1. The van der Waals surface area contributed by atoms with Crippen LogP contribution in [-0.4, -0.2) is 16.6 Å². The fourth-order valence-corrected chi connectivity index (χ4v) is 3.38. The quantitative estimate of drug-likeness (QED) is 0.316. The van der Waals surface area contributed by atoms with Crippen LogP contribution in [0.1, 0.15) is 35.5 Å². The Morgan fingerprint density at radius 3 is 2.42 bits per heavy atom. The Morgan fingerprint density at radius 1 is 0.970 bits per heavy atom. The van der Waals surface area contributed by atoms with Gasteiger partial charge in [0.15, 0.2) is 0 Å². The molecule has 0 spiro atoms. The molecule has 1 heterocycles. The molecule has 0 fully saturated rings. The third kappa shape index (κ3) is 5.14. The van der Waals surface area contributed by atoms with E-state index in [9.17, 15) is 22.0 Å². The minimum absolute atomic E-state index is 0.0896. The molecule has 1 atom stereocenters. The Morgan fingerprint density at radius 2 is 1.73 bits per heavy atom. The molecule has 172 valence electrons. The van der Waals surface area contributed by atoms with Crippen LogP contribution in [0.4, 0.5) is 22.0 Å². The van der Waals surface area contributed by atoms with Crippen molar-refractivity contribution in [3.8, 4) is 5.75 Å². The Hall–Kier alpha value is -3.46. The third-order valence-electron chi connectivity index (χ3n) is 5.00. The summed E-state index contributed by atoms with van der Waals surface area (Å²) in [6, 6.07) is 13.2. The van der Waals surface area contributed by atoms with Crippen LogP contribution in [0, 0.1) is 11.6 Å². The van der Waals surface area contributed by atoms with Crippen LogP contribution in [0.3, 0.4) is 0 Å². The summed E-state index contributed by atoms with van der Waals surface area (Å²) in [6.07, 6.45) is -5.11. The molecule has 4 aromatic rings. The van der Waals surface area contributed by atoms with E-state index in [2.05, 4.69) is 9.97 Å². The fourth-order valence-electron chi connectivity index (χ4n) is 3.38. The predicted octanol–water partition coefficient (Wildman–Crippen LogP) is 6.56. The lowest BCUT2D eigenvalue weighted by molar-refractivity contribution is -0.137. The van der Waals surface area contributed by atoms with Crippen molar-refractivity contribution in [3.05, 3.63) is 94.8 Å². The molecule has 0 aliphatic heterocycles. The molecule has 4 nitrogen and oxygen atoms in total. The van der Waals surface area contributed by atoms with Crippen LogP contribution in [0.25, 0.3) is 11.0 Å². The van der Waals surface area contributed by atoms with Gasteiger partial charge in [-0.05, 0) is 61.0 Å². The van der Waals surface area contributed by atoms with Gasteiger partial charge in [0.25, 0.3) is 0 Å². The summed E-state index contributed by atoms with van der Waals surface area (Å²) < 4.78 is 77.4. The highest BCUT2D eigenvalue weighted by Crippen LogP contribution is 2.32. The highest BCUT2D eigenvalue weighted by molar-refractivity contribution is 5.76. The molecule has 0 bridgehead atoms. The zero-order valence-electron chi connectivity index (χ0n) is 17.4. The number of H-pyrrole nitrogens is 1. The molecule has 0 saturated heterocycles. The summed E-state index contributed by atoms with van der Waals surface area (Å²) in [4.78, 5) is 7.33. The summed E-state index contributed by atoms with van der Waals surface area (Å²) in [5, 5.41) is 0. The lowest BCUT2D eigenvalue weighted by Crippen LogP contribution is -2.08. The monoisotopic (exact) mass is 462 g/mol. The Bertz CT molecular complexity index is 1250. The van der Waals surface area contributed by atoms with Gasteiger partial charge in [-0.25, -0.2) is 13.8 Å². The number of aromatic amines is 1. The Kier molecular flexibility index (Phi) is 6.33. The van der Waals surface area contributed by atoms with E-state index in [0.29, 0.717) is 29.3 Å². The number of aromatic nitrogens is 2. The van der Waals surface area contributed by atoms with Crippen molar-refractivity contribution in [2.45, 2.75) is 25.8 Å². The standard InChI is InChI=1S/C24H19F5N2O2/c1-2-32-22(23-30-20-10-5-16(24(27,28)29)12-21(20)31-23)14-3-7-18(8-4-14)33-13-15-11-17(25)6-9-19(15)26/h3-12,22H,2,13H2,1H3,(H,30,31). The molecule has 0 amide bonds. The van der Waals surface area contributed by atoms with E-state index in [0.717, 1.165) is 30.3 Å². The van der Waals surface area contributed by atoms with Crippen molar-refractivity contribution in [3.63, 3.8) is 0 Å². The Balaban J connectivity index is 1.55. The second kappa shape index (κ2) is 9.19. The first-order chi connectivity index (χ1) is 15.7. The van der Waals surface area contributed by atoms with Crippen LogP contribution in [0.5, 0.6) is 5.75 Å². The highest BCUT2D eigenvalue weighted by atomic mass is 19.4. The van der Waals surface area contributed by atoms with Crippen molar-refractivity contribution in [2.24, 2.45) is 0 Å². The van der Waals surface area contributed by atoms with Gasteiger partial charge in [0.05, 0.1) is 16.6 Å². The first-order valence-electron chi connectivity index (χ1n) is 10.1. The van der Waals surface area contributed by atoms with Crippen molar-refractivity contribution in [1.29, 1.82) is 0 Å². The number of alkyl halides is 3. The predicted molar refractivity (Wildman–Crippen MR) is 112 cm³/mol. The number of nitrogens with one attached hydrogen (secondary N) is 1. The number of hydrogen-bond acceptors (Lipinski definition) is 3. The average Bonchev–Trinajstić information content (AvgIpc) is 3.21. The van der Waals surface area contributed by atoms with Crippen molar-refractivity contribution in [2.75, 3.05) is 6.61 Å². The number of nitrogens with zero attached hydrogens (tertiary/aromatic N) is 1. The van der Waals surface area contributed by atoms with Crippen molar-refractivity contribution >= 4 is 11.0 Å². The zero-order valence-corrected chi connectivity index (χ0v) is 17.4. The number of imidazole rings is 1. The molecule has 0 aliphatic rings. The topological polar surface area (TPSA) is 47.1 Å². The first-order valence-corrected chi connectivity index (χ1v) is 10.1. The normalized spacial score (nSPS) is 12.8. The molecule has 1 N–H and O–H groups in total. The molecule has 33 heavy (non-hydrogen) atoms. The average molecular weight is 462 g/mol. The van der Waals surface area contributed by atoms with E-state index in [1.807, 2.05) is 0 Å². The van der Waals surface area contributed by atoms with Crippen LogP contribution < -0.4 is 4.74 Å². The largest absolute Gasteiger partial charge is 0.489 e. The molecular formula is C24H19F5N2O2. The van der Waals surface area contributed by atoms with Crippen LogP contribution in [0.15, 0.2) is 60.7 Å². The van der Waals surface area contributed by atoms with E-state index < -0.39 is 29.5 Å². The summed E-state index contributed by atoms with van der Waals surface area (Å²) in [7, 11) is 0. The molecule has 9 heteroatoms. The van der Waals surface area contributed by atoms with E-state index in [1.54, 1.807) is 31.2 Å². The molecule has 0 aliphatic carbocycles. The smallest absolute Gasteiger partial charge is 0.416 e. The second-order valence-electron chi connectivity index (χ2n) is 7.28. The number of rotatable bonds is 7. The van der Waals surface area contributed by atoms with Gasteiger partial charge in [0.1, 0.15) is 35.9 Å². The Labute approximate surface area is 186 Å². The molecular weight excluding hydrogens is 443 g/mol. The highest BCUT2D eigenvalue weighted by Gasteiger charge is 2.31. The number of benzene rings is 3. The first kappa shape index (κ1) is 22.7. The molecule has 3 aromatic carbocycles. The van der Waals surface area contributed by atoms with Crippen LogP contribution in [0.2, 0.25) is 0 Å². The van der Waals surface area contributed by atoms with Crippen LogP contribution >= 0.6 is 0 Å². The molecule has 0 saturated carbocycles. The van der Waals surface area contributed by atoms with Gasteiger partial charge < -0.3 is 14.5 Å². The van der Waals surface area contributed by atoms with Gasteiger partial charge in [0.2, 0.25) is 0 Å². The van der Waals surface area contributed by atoms with E-state index in [-0.39, 0.29) is 17.7 Å². The molecule has 0 radical (unpaired) electrons. The number of fused-ring (bicyclic) bond motifs is 1. The maximum atomic E-state index is 13.8. The SMILES string of the molecule is CCOC(c1ccc(OCc2cc(F)ccc2F)cc1)c1nc2cc(C(F)(F)F)ccc2[nH]1. The minimum atomic E-state index is -4.46. The second-order valence-corrected chi connectivity index (χ2v) is 7.28. The van der Waals surface area contributed by atoms with Gasteiger partial charge >= 0.3 is 6.18 Å². The summed E-state index contributed by atoms with van der Waals surface area (Å²) in [6.45, 7) is 1.98. The van der Waals surface area contributed by atoms with Gasteiger partial charge in [-0.1, -0.05) is 12.1 Å². The van der Waals surface area contributed by atoms with Gasteiger partial charge in [-0.15, -0.1) is 0 Å². The molecule has 1 unspecified atom stereocenters. The van der Waals surface area contributed by atoms with Gasteiger partial charge in [-0.3, -0.25) is 0 Å². The fraction of sp³-hybridized carbons (Fsp3) is 0.208. The van der Waals surface area contributed by atoms with E-state index in [4.69, 9.17) is 9.47 Å². The van der Waals surface area contributed by atoms with Gasteiger partial charge in [0, 0.05) is 12.2 Å². The minimum Gasteiger partial charge on any atom is -0.489 e. The van der Waals surface area contributed by atoms with Crippen molar-refractivity contribution < 1.29 is 31.4 Å². The molecule has 4 rings (SSSR count). The summed E-state index contributed by atoms with van der Waals surface area (Å²) >= 11 is 0. The zero-order chi connectivity index (χ0) is 23.6. The van der Waals surface area contributed by atoms with E-state index in [1.165, 1.54) is 6.07 Å². The van der Waals surface area contributed by atoms with Gasteiger partial charge in [-0.2, -0.15) is 13.2 Å². The lowest BCUT2D eigenvalue weighted by atomic mass is 10.1. The summed E-state index contributed by atoms with van der Waals surface area (Å²) in [5.74, 6) is -0.333. The third-order valence-corrected chi connectivity index (χ3v) is 5.00. The number of halogens is 5.